The highest BCUT2D eigenvalue weighted by Gasteiger charge is 2.41. The minimum Gasteiger partial charge on any atom is -0.298 e. The topological polar surface area (TPSA) is 69.0 Å². The lowest BCUT2D eigenvalue weighted by Gasteiger charge is -2.22. The van der Waals surface area contributed by atoms with E-state index in [-0.39, 0.29) is 17.4 Å². The Morgan fingerprint density at radius 2 is 2.30 bits per heavy atom. The molecular weight excluding hydrogens is 276 g/mol. The Kier molecular flexibility index (Phi) is 3.86. The van der Waals surface area contributed by atoms with Crippen LogP contribution in [0.5, 0.6) is 0 Å². The number of rotatable bonds is 5. The van der Waals surface area contributed by atoms with Gasteiger partial charge in [0.15, 0.2) is 16.1 Å². The van der Waals surface area contributed by atoms with Crippen LogP contribution in [0.15, 0.2) is 18.9 Å². The van der Waals surface area contributed by atoms with E-state index in [9.17, 15) is 13.2 Å². The first-order chi connectivity index (χ1) is 9.31. The highest BCUT2D eigenvalue weighted by atomic mass is 32.2. The van der Waals surface area contributed by atoms with Crippen molar-refractivity contribution in [3.05, 3.63) is 30.1 Å². The second-order valence-electron chi connectivity index (χ2n) is 5.80. The molecule has 0 radical (unpaired) electrons. The number of allylic oxidation sites excluding steroid dienone is 1. The van der Waals surface area contributed by atoms with Crippen LogP contribution in [0, 0.1) is 0 Å². The van der Waals surface area contributed by atoms with Crippen LogP contribution in [0.25, 0.3) is 0 Å². The van der Waals surface area contributed by atoms with Crippen LogP contribution >= 0.6 is 0 Å². The number of sulfone groups is 1. The van der Waals surface area contributed by atoms with E-state index < -0.39 is 15.4 Å². The maximum atomic E-state index is 11.7. The van der Waals surface area contributed by atoms with Gasteiger partial charge in [0.2, 0.25) is 0 Å². The molecule has 5 nitrogen and oxygen atoms in total. The van der Waals surface area contributed by atoms with E-state index in [0.717, 1.165) is 12.7 Å². The molecule has 0 aromatic carbocycles. The van der Waals surface area contributed by atoms with Gasteiger partial charge in [-0.05, 0) is 19.8 Å². The van der Waals surface area contributed by atoms with Crippen molar-refractivity contribution in [3.63, 3.8) is 0 Å². The van der Waals surface area contributed by atoms with Crippen molar-refractivity contribution < 1.29 is 13.2 Å². The summed E-state index contributed by atoms with van der Waals surface area (Å²) in [5.74, 6) is 0.350. The average molecular weight is 296 g/mol. The summed E-state index contributed by atoms with van der Waals surface area (Å²) in [5.41, 5.74) is 0.693. The zero-order valence-corrected chi connectivity index (χ0v) is 12.7. The minimum absolute atomic E-state index is 0.0786. The highest BCUT2D eigenvalue weighted by molar-refractivity contribution is 7.91. The molecule has 1 aromatic rings. The fourth-order valence-corrected chi connectivity index (χ4v) is 4.81. The lowest BCUT2D eigenvalue weighted by Crippen LogP contribution is -2.32. The molecule has 0 amide bonds. The van der Waals surface area contributed by atoms with Gasteiger partial charge in [-0.3, -0.25) is 9.48 Å². The summed E-state index contributed by atoms with van der Waals surface area (Å²) < 4.78 is 25.0. The first-order valence-electron chi connectivity index (χ1n) is 6.68. The lowest BCUT2D eigenvalue weighted by molar-refractivity contribution is 0.112. The van der Waals surface area contributed by atoms with Gasteiger partial charge in [0.1, 0.15) is 0 Å². The van der Waals surface area contributed by atoms with E-state index in [2.05, 4.69) is 11.7 Å². The average Bonchev–Trinajstić information content (AvgIpc) is 2.92. The molecule has 0 N–H and O–H groups in total. The first-order valence-corrected chi connectivity index (χ1v) is 8.50. The van der Waals surface area contributed by atoms with Crippen LogP contribution in [0.1, 0.15) is 48.7 Å². The van der Waals surface area contributed by atoms with E-state index in [1.165, 1.54) is 0 Å². The SMILES string of the molecule is C=CCC(C)c1nn(C2(C)CCS(=O)(=O)C2)cc1C=O. The van der Waals surface area contributed by atoms with Gasteiger partial charge in [-0.2, -0.15) is 5.10 Å². The van der Waals surface area contributed by atoms with Crippen molar-refractivity contribution in [2.45, 2.75) is 38.1 Å². The third kappa shape index (κ3) is 2.70. The Morgan fingerprint density at radius 1 is 1.60 bits per heavy atom. The summed E-state index contributed by atoms with van der Waals surface area (Å²) in [4.78, 5) is 11.2. The molecule has 1 saturated heterocycles. The van der Waals surface area contributed by atoms with Gasteiger partial charge in [-0.15, -0.1) is 6.58 Å². The zero-order valence-electron chi connectivity index (χ0n) is 11.9. The fourth-order valence-electron chi connectivity index (χ4n) is 2.69. The predicted octanol–water partition coefficient (Wildman–Crippen LogP) is 1.91. The second-order valence-corrected chi connectivity index (χ2v) is 7.98. The van der Waals surface area contributed by atoms with Gasteiger partial charge in [0, 0.05) is 12.1 Å². The minimum atomic E-state index is -3.01. The van der Waals surface area contributed by atoms with E-state index in [4.69, 9.17) is 0 Å². The van der Waals surface area contributed by atoms with Crippen molar-refractivity contribution in [2.24, 2.45) is 0 Å². The molecule has 0 aliphatic carbocycles. The number of carbonyl (C=O) groups excluding carboxylic acids is 1. The van der Waals surface area contributed by atoms with E-state index >= 15 is 0 Å². The Labute approximate surface area is 119 Å². The molecule has 2 atom stereocenters. The van der Waals surface area contributed by atoms with Crippen LogP contribution in [0.2, 0.25) is 0 Å². The Morgan fingerprint density at radius 3 is 2.80 bits per heavy atom. The molecule has 0 spiro atoms. The molecule has 0 saturated carbocycles. The summed E-state index contributed by atoms with van der Waals surface area (Å²) in [5, 5.41) is 4.49. The Balaban J connectivity index is 2.39. The predicted molar refractivity (Wildman–Crippen MR) is 77.8 cm³/mol. The number of hydrogen-bond donors (Lipinski definition) is 0. The van der Waals surface area contributed by atoms with Gasteiger partial charge < -0.3 is 0 Å². The number of aromatic nitrogens is 2. The molecule has 0 bridgehead atoms. The first kappa shape index (κ1) is 15.0. The molecule has 1 aliphatic rings. The number of nitrogens with zero attached hydrogens (tertiary/aromatic N) is 2. The largest absolute Gasteiger partial charge is 0.298 e. The quantitative estimate of drug-likeness (QED) is 0.615. The van der Waals surface area contributed by atoms with Crippen molar-refractivity contribution in [2.75, 3.05) is 11.5 Å². The molecule has 2 unspecified atom stereocenters. The number of aldehydes is 1. The summed E-state index contributed by atoms with van der Waals surface area (Å²) in [7, 11) is -3.01. The zero-order chi connectivity index (χ0) is 15.0. The lowest BCUT2D eigenvalue weighted by atomic mass is 10.0. The van der Waals surface area contributed by atoms with Crippen LogP contribution in [0.4, 0.5) is 0 Å². The van der Waals surface area contributed by atoms with E-state index in [0.29, 0.717) is 17.7 Å². The van der Waals surface area contributed by atoms with Gasteiger partial charge in [-0.25, -0.2) is 8.42 Å². The van der Waals surface area contributed by atoms with E-state index in [1.54, 1.807) is 17.0 Å². The molecule has 2 heterocycles. The van der Waals surface area contributed by atoms with Gasteiger partial charge in [0.05, 0.1) is 28.3 Å². The van der Waals surface area contributed by atoms with Gasteiger partial charge in [-0.1, -0.05) is 13.0 Å². The summed E-state index contributed by atoms with van der Waals surface area (Å²) in [6.07, 6.45) is 5.51. The van der Waals surface area contributed by atoms with Crippen molar-refractivity contribution in [3.8, 4) is 0 Å². The fraction of sp³-hybridized carbons (Fsp3) is 0.571. The molecular formula is C14H20N2O3S. The van der Waals surface area contributed by atoms with E-state index in [1.807, 2.05) is 13.8 Å². The van der Waals surface area contributed by atoms with Crippen LogP contribution in [-0.2, 0) is 15.4 Å². The molecule has 110 valence electrons. The molecule has 6 heteroatoms. The normalized spacial score (nSPS) is 26.3. The van der Waals surface area contributed by atoms with Crippen LogP contribution < -0.4 is 0 Å². The van der Waals surface area contributed by atoms with Crippen LogP contribution in [-0.4, -0.2) is 36.0 Å². The summed E-state index contributed by atoms with van der Waals surface area (Å²) in [6, 6.07) is 0. The van der Waals surface area contributed by atoms with Crippen molar-refractivity contribution in [1.29, 1.82) is 0 Å². The maximum absolute atomic E-state index is 11.7. The van der Waals surface area contributed by atoms with Crippen molar-refractivity contribution >= 4 is 16.1 Å². The molecule has 20 heavy (non-hydrogen) atoms. The summed E-state index contributed by atoms with van der Waals surface area (Å²) >= 11 is 0. The van der Waals surface area contributed by atoms with Crippen LogP contribution in [0.3, 0.4) is 0 Å². The molecule has 1 fully saturated rings. The smallest absolute Gasteiger partial charge is 0.153 e. The highest BCUT2D eigenvalue weighted by Crippen LogP contribution is 2.32. The standard InChI is InChI=1S/C14H20N2O3S/c1-4-5-11(2)13-12(9-17)8-16(15-13)14(3)6-7-20(18,19)10-14/h4,8-9,11H,1,5-7,10H2,2-3H3. The third-order valence-corrected chi connectivity index (χ3v) is 5.81. The molecule has 1 aromatic heterocycles. The summed E-state index contributed by atoms with van der Waals surface area (Å²) in [6.45, 7) is 7.55. The van der Waals surface area contributed by atoms with Crippen molar-refractivity contribution in [1.82, 2.24) is 9.78 Å². The van der Waals surface area contributed by atoms with Gasteiger partial charge in [0.25, 0.3) is 0 Å². The monoisotopic (exact) mass is 296 g/mol. The maximum Gasteiger partial charge on any atom is 0.153 e. The molecule has 2 rings (SSSR count). The molecule has 1 aliphatic heterocycles. The Bertz CT molecular complexity index is 633. The number of carbonyl (C=O) groups is 1. The second kappa shape index (κ2) is 5.16. The third-order valence-electron chi connectivity index (χ3n) is 3.92. The number of hydrogen-bond acceptors (Lipinski definition) is 4. The Hall–Kier alpha value is -1.43. The van der Waals surface area contributed by atoms with Gasteiger partial charge >= 0.3 is 0 Å².